The van der Waals surface area contributed by atoms with Crippen LogP contribution in [0.25, 0.3) is 0 Å². The summed E-state index contributed by atoms with van der Waals surface area (Å²) in [6.45, 7) is 13.1. The minimum atomic E-state index is -0.868. The zero-order chi connectivity index (χ0) is 24.7. The fraction of sp³-hybridized carbons (Fsp3) is 0.692. The van der Waals surface area contributed by atoms with Gasteiger partial charge in [-0.3, -0.25) is 0 Å². The maximum absolute atomic E-state index is 12.7. The summed E-state index contributed by atoms with van der Waals surface area (Å²) < 4.78 is 22.6. The van der Waals surface area contributed by atoms with E-state index in [-0.39, 0.29) is 6.42 Å². The number of carbonyl (C=O) groups excluding carboxylic acids is 2. The zero-order valence-corrected chi connectivity index (χ0v) is 21.3. The van der Waals surface area contributed by atoms with Crippen LogP contribution in [0.3, 0.4) is 0 Å². The third-order valence-corrected chi connectivity index (χ3v) is 4.68. The van der Waals surface area contributed by atoms with Gasteiger partial charge in [-0.25, -0.2) is 9.59 Å². The van der Waals surface area contributed by atoms with Crippen LogP contribution in [0.2, 0.25) is 0 Å². The van der Waals surface area contributed by atoms with Gasteiger partial charge >= 0.3 is 12.1 Å². The summed E-state index contributed by atoms with van der Waals surface area (Å²) in [4.78, 5) is 25.1. The van der Waals surface area contributed by atoms with Gasteiger partial charge in [0.1, 0.15) is 11.6 Å². The Balaban J connectivity index is 3.02. The molecule has 0 saturated heterocycles. The highest BCUT2D eigenvalue weighted by molar-refractivity contribution is 5.81. The van der Waals surface area contributed by atoms with Crippen LogP contribution in [0, 0.1) is 0 Å². The number of ether oxygens (including phenoxy) is 4. The first-order chi connectivity index (χ1) is 15.7. The number of esters is 1. The van der Waals surface area contributed by atoms with Crippen molar-refractivity contribution in [3.8, 4) is 11.5 Å². The number of alkyl carbamates (subject to hydrolysis) is 1. The van der Waals surface area contributed by atoms with Crippen LogP contribution in [0.4, 0.5) is 4.79 Å². The third kappa shape index (κ3) is 12.4. The lowest BCUT2D eigenvalue weighted by Gasteiger charge is -2.23. The van der Waals surface area contributed by atoms with Crippen molar-refractivity contribution in [3.63, 3.8) is 0 Å². The molecule has 1 aromatic rings. The van der Waals surface area contributed by atoms with Crippen molar-refractivity contribution in [2.75, 3.05) is 19.8 Å². The van der Waals surface area contributed by atoms with E-state index in [4.69, 9.17) is 18.9 Å². The van der Waals surface area contributed by atoms with E-state index in [0.29, 0.717) is 31.3 Å². The summed E-state index contributed by atoms with van der Waals surface area (Å²) >= 11 is 0. The van der Waals surface area contributed by atoms with Gasteiger partial charge in [0.25, 0.3) is 0 Å². The first kappa shape index (κ1) is 28.6. The topological polar surface area (TPSA) is 83.1 Å². The minimum Gasteiger partial charge on any atom is -0.490 e. The van der Waals surface area contributed by atoms with Crippen LogP contribution < -0.4 is 14.8 Å². The SMILES string of the molecule is CCCCOC(=O)[C@H](Cc1ccc(OCCCC)c(OCCCC)c1)NC(=O)OC(C)(C)C. The van der Waals surface area contributed by atoms with Crippen molar-refractivity contribution in [1.82, 2.24) is 5.32 Å². The van der Waals surface area contributed by atoms with Crippen LogP contribution >= 0.6 is 0 Å². The van der Waals surface area contributed by atoms with Crippen molar-refractivity contribution in [2.24, 2.45) is 0 Å². The second kappa shape index (κ2) is 15.4. The molecule has 0 unspecified atom stereocenters. The lowest BCUT2D eigenvalue weighted by molar-refractivity contribution is -0.146. The Kier molecular flexibility index (Phi) is 13.3. The Labute approximate surface area is 199 Å². The van der Waals surface area contributed by atoms with E-state index in [1.807, 2.05) is 25.1 Å². The number of rotatable bonds is 15. The fourth-order valence-electron chi connectivity index (χ4n) is 2.86. The lowest BCUT2D eigenvalue weighted by atomic mass is 10.1. The Hall–Kier alpha value is -2.44. The second-order valence-corrected chi connectivity index (χ2v) is 9.11. The van der Waals surface area contributed by atoms with E-state index in [0.717, 1.165) is 44.1 Å². The smallest absolute Gasteiger partial charge is 0.408 e. The van der Waals surface area contributed by atoms with Crippen LogP contribution in [0.1, 0.15) is 85.6 Å². The van der Waals surface area contributed by atoms with Crippen molar-refractivity contribution in [3.05, 3.63) is 23.8 Å². The monoisotopic (exact) mass is 465 g/mol. The predicted molar refractivity (Wildman–Crippen MR) is 130 cm³/mol. The average Bonchev–Trinajstić information content (AvgIpc) is 2.73. The highest BCUT2D eigenvalue weighted by atomic mass is 16.6. The van der Waals surface area contributed by atoms with Gasteiger partial charge in [0, 0.05) is 6.42 Å². The van der Waals surface area contributed by atoms with Crippen molar-refractivity contribution in [1.29, 1.82) is 0 Å². The Morgan fingerprint density at radius 1 is 0.879 bits per heavy atom. The average molecular weight is 466 g/mol. The molecule has 7 nitrogen and oxygen atoms in total. The zero-order valence-electron chi connectivity index (χ0n) is 21.3. The summed E-state index contributed by atoms with van der Waals surface area (Å²) in [5, 5.41) is 2.67. The molecule has 1 rings (SSSR count). The first-order valence-electron chi connectivity index (χ1n) is 12.2. The van der Waals surface area contributed by atoms with E-state index >= 15 is 0 Å². The summed E-state index contributed by atoms with van der Waals surface area (Å²) in [6.07, 6.45) is 5.24. The van der Waals surface area contributed by atoms with E-state index in [1.54, 1.807) is 20.8 Å². The number of hydrogen-bond acceptors (Lipinski definition) is 6. The second-order valence-electron chi connectivity index (χ2n) is 9.11. The van der Waals surface area contributed by atoms with Gasteiger partial charge in [0.15, 0.2) is 11.5 Å². The summed E-state index contributed by atoms with van der Waals surface area (Å²) in [5.74, 6) is 0.851. The first-order valence-corrected chi connectivity index (χ1v) is 12.2. The molecule has 1 N–H and O–H groups in total. The molecule has 7 heteroatoms. The molecule has 0 bridgehead atoms. The molecule has 1 atom stereocenters. The quantitative estimate of drug-likeness (QED) is 0.259. The molecule has 33 heavy (non-hydrogen) atoms. The highest BCUT2D eigenvalue weighted by Crippen LogP contribution is 2.29. The molecule has 0 aliphatic heterocycles. The van der Waals surface area contributed by atoms with Crippen molar-refractivity contribution in [2.45, 2.75) is 98.1 Å². The number of nitrogens with one attached hydrogen (secondary N) is 1. The molecule has 0 spiro atoms. The van der Waals surface area contributed by atoms with Crippen LogP contribution in [-0.4, -0.2) is 43.5 Å². The Bertz CT molecular complexity index is 713. The van der Waals surface area contributed by atoms with Gasteiger partial charge in [-0.2, -0.15) is 0 Å². The van der Waals surface area contributed by atoms with Gasteiger partial charge < -0.3 is 24.3 Å². The van der Waals surface area contributed by atoms with Gasteiger partial charge in [-0.15, -0.1) is 0 Å². The molecule has 0 aliphatic rings. The fourth-order valence-corrected chi connectivity index (χ4v) is 2.86. The lowest BCUT2D eigenvalue weighted by Crippen LogP contribution is -2.45. The summed E-state index contributed by atoms with van der Waals surface area (Å²) in [6, 6.07) is 4.75. The van der Waals surface area contributed by atoms with Crippen LogP contribution in [-0.2, 0) is 20.7 Å². The molecule has 0 saturated carbocycles. The van der Waals surface area contributed by atoms with E-state index in [1.165, 1.54) is 0 Å². The van der Waals surface area contributed by atoms with Gasteiger partial charge in [0.05, 0.1) is 19.8 Å². The Morgan fingerprint density at radius 3 is 2.03 bits per heavy atom. The number of unbranched alkanes of at least 4 members (excludes halogenated alkanes) is 3. The van der Waals surface area contributed by atoms with Crippen molar-refractivity contribution >= 4 is 12.1 Å². The molecule has 0 heterocycles. The molecular weight excluding hydrogens is 422 g/mol. The summed E-state index contributed by atoms with van der Waals surface area (Å²) in [5.41, 5.74) is 0.163. The molecular formula is C26H43NO6. The van der Waals surface area contributed by atoms with Crippen LogP contribution in [0.15, 0.2) is 18.2 Å². The van der Waals surface area contributed by atoms with Crippen molar-refractivity contribution < 1.29 is 28.5 Å². The molecule has 0 fully saturated rings. The molecule has 0 radical (unpaired) electrons. The maximum atomic E-state index is 12.7. The summed E-state index contributed by atoms with van der Waals surface area (Å²) in [7, 11) is 0. The normalized spacial score (nSPS) is 12.1. The molecule has 0 aromatic heterocycles. The number of carbonyl (C=O) groups is 2. The van der Waals surface area contributed by atoms with Gasteiger partial charge in [-0.1, -0.05) is 46.1 Å². The Morgan fingerprint density at radius 2 is 1.45 bits per heavy atom. The maximum Gasteiger partial charge on any atom is 0.408 e. The third-order valence-electron chi connectivity index (χ3n) is 4.68. The minimum absolute atomic E-state index is 0.254. The van der Waals surface area contributed by atoms with E-state index in [2.05, 4.69) is 19.2 Å². The molecule has 1 aromatic carbocycles. The van der Waals surface area contributed by atoms with Gasteiger partial charge in [0.2, 0.25) is 0 Å². The predicted octanol–water partition coefficient (Wildman–Crippen LogP) is 5.82. The standard InChI is InChI=1S/C26H43NO6/c1-7-10-15-30-22-14-13-20(19-23(22)31-16-11-8-2)18-21(24(28)32-17-12-9-3)27-25(29)33-26(4,5)6/h13-14,19,21H,7-12,15-18H2,1-6H3,(H,27,29)/t21-/m0/s1. The van der Waals surface area contributed by atoms with E-state index < -0.39 is 23.7 Å². The molecule has 0 aliphatic carbocycles. The van der Waals surface area contributed by atoms with E-state index in [9.17, 15) is 9.59 Å². The molecule has 188 valence electrons. The number of benzene rings is 1. The highest BCUT2D eigenvalue weighted by Gasteiger charge is 2.26. The number of amides is 1. The number of hydrogen-bond donors (Lipinski definition) is 1. The molecule has 1 amide bonds. The largest absolute Gasteiger partial charge is 0.490 e. The van der Waals surface area contributed by atoms with Crippen LogP contribution in [0.5, 0.6) is 11.5 Å². The van der Waals surface area contributed by atoms with Gasteiger partial charge in [-0.05, 0) is 57.7 Å².